The molecule has 0 aliphatic rings. The predicted octanol–water partition coefficient (Wildman–Crippen LogP) is 1.82. The minimum absolute atomic E-state index is 0.141. The van der Waals surface area contributed by atoms with E-state index in [2.05, 4.69) is 17.2 Å². The molecule has 1 aromatic heterocycles. The number of hydrogen-bond donors (Lipinski definition) is 1. The lowest BCUT2D eigenvalue weighted by molar-refractivity contribution is 0.403. The van der Waals surface area contributed by atoms with Gasteiger partial charge in [0.25, 0.3) is 0 Å². The van der Waals surface area contributed by atoms with Crippen LogP contribution >= 0.6 is 0 Å². The Morgan fingerprint density at radius 1 is 1.37 bits per heavy atom. The largest absolute Gasteiger partial charge is 0.312 e. The molecule has 1 heterocycles. The zero-order chi connectivity index (χ0) is 14.5. The lowest BCUT2D eigenvalue weighted by Gasteiger charge is -2.33. The second-order valence-electron chi connectivity index (χ2n) is 5.41. The molecule has 0 fully saturated rings. The van der Waals surface area contributed by atoms with Gasteiger partial charge in [-0.15, -0.1) is 0 Å². The summed E-state index contributed by atoms with van der Waals surface area (Å²) in [5.74, 6) is 0. The van der Waals surface area contributed by atoms with Crippen molar-refractivity contribution in [3.8, 4) is 0 Å². The highest BCUT2D eigenvalue weighted by Gasteiger charge is 2.38. The highest BCUT2D eigenvalue weighted by molar-refractivity contribution is 7.92. The normalized spacial score (nSPS) is 14.3. The molecule has 0 bridgehead atoms. The molecule has 0 aliphatic heterocycles. The lowest BCUT2D eigenvalue weighted by Crippen LogP contribution is -2.53. The van der Waals surface area contributed by atoms with Crippen molar-refractivity contribution in [1.29, 1.82) is 0 Å². The van der Waals surface area contributed by atoms with E-state index < -0.39 is 14.6 Å². The van der Waals surface area contributed by atoms with E-state index >= 15 is 0 Å². The highest BCUT2D eigenvalue weighted by atomic mass is 32.2. The van der Waals surface area contributed by atoms with Gasteiger partial charge >= 0.3 is 0 Å². The summed E-state index contributed by atoms with van der Waals surface area (Å²) < 4.78 is 23.2. The van der Waals surface area contributed by atoms with Crippen LogP contribution in [0.25, 0.3) is 0 Å². The second kappa shape index (κ2) is 6.48. The molecule has 1 N–H and O–H groups in total. The number of pyridine rings is 1. The first kappa shape index (κ1) is 16.1. The Bertz CT molecular complexity index is 483. The van der Waals surface area contributed by atoms with Crippen molar-refractivity contribution in [1.82, 2.24) is 10.3 Å². The van der Waals surface area contributed by atoms with E-state index in [9.17, 15) is 8.42 Å². The predicted molar refractivity (Wildman–Crippen MR) is 78.9 cm³/mol. The molecule has 0 aliphatic carbocycles. The summed E-state index contributed by atoms with van der Waals surface area (Å²) in [5.41, 5.74) is 0.910. The van der Waals surface area contributed by atoms with Crippen LogP contribution in [0, 0.1) is 0 Å². The fourth-order valence-corrected chi connectivity index (χ4v) is 2.55. The van der Waals surface area contributed by atoms with Crippen LogP contribution in [0.5, 0.6) is 0 Å². The van der Waals surface area contributed by atoms with Crippen LogP contribution in [0.4, 0.5) is 0 Å². The Morgan fingerprint density at radius 3 is 2.53 bits per heavy atom. The summed E-state index contributed by atoms with van der Waals surface area (Å²) in [7, 11) is -3.14. The molecule has 1 rings (SSSR count). The fourth-order valence-electron chi connectivity index (χ4n) is 1.87. The van der Waals surface area contributed by atoms with Crippen LogP contribution in [0.15, 0.2) is 24.4 Å². The van der Waals surface area contributed by atoms with Crippen molar-refractivity contribution in [2.24, 2.45) is 0 Å². The first-order valence-electron chi connectivity index (χ1n) is 6.62. The molecule has 5 heteroatoms. The minimum atomic E-state index is -3.14. The average molecular weight is 284 g/mol. The van der Waals surface area contributed by atoms with Crippen LogP contribution in [0.3, 0.4) is 0 Å². The summed E-state index contributed by atoms with van der Waals surface area (Å²) in [6.45, 7) is 6.42. The maximum Gasteiger partial charge on any atom is 0.154 e. The molecule has 1 unspecified atom stereocenters. The number of rotatable bonds is 7. The van der Waals surface area contributed by atoms with Crippen molar-refractivity contribution >= 4 is 9.84 Å². The number of hydrogen-bond acceptors (Lipinski definition) is 4. The van der Waals surface area contributed by atoms with Gasteiger partial charge in [-0.2, -0.15) is 0 Å². The first-order chi connectivity index (χ1) is 8.79. The van der Waals surface area contributed by atoms with Crippen molar-refractivity contribution in [3.63, 3.8) is 0 Å². The molecule has 108 valence electrons. The summed E-state index contributed by atoms with van der Waals surface area (Å²) in [6.07, 6.45) is 4.62. The van der Waals surface area contributed by atoms with Crippen LogP contribution in [-0.2, 0) is 16.3 Å². The molecule has 0 aromatic carbocycles. The number of nitrogens with zero attached hydrogens (tertiary/aromatic N) is 1. The molecule has 0 spiro atoms. The number of aromatic nitrogens is 1. The fraction of sp³-hybridized carbons (Fsp3) is 0.643. The van der Waals surface area contributed by atoms with Gasteiger partial charge in [-0.25, -0.2) is 8.42 Å². The molecule has 19 heavy (non-hydrogen) atoms. The Hall–Kier alpha value is -0.940. The third-order valence-corrected chi connectivity index (χ3v) is 5.77. The number of sulfone groups is 1. The lowest BCUT2D eigenvalue weighted by atomic mass is 9.97. The molecular formula is C14H24N2O2S. The first-order valence-corrected chi connectivity index (χ1v) is 8.51. The molecule has 0 saturated carbocycles. The van der Waals surface area contributed by atoms with Gasteiger partial charge in [-0.05, 0) is 38.9 Å². The van der Waals surface area contributed by atoms with Crippen molar-refractivity contribution in [2.75, 3.05) is 12.8 Å². The van der Waals surface area contributed by atoms with Gasteiger partial charge in [0.1, 0.15) is 0 Å². The van der Waals surface area contributed by atoms with E-state index in [0.29, 0.717) is 6.42 Å². The Labute approximate surface area is 116 Å². The molecule has 0 radical (unpaired) electrons. The van der Waals surface area contributed by atoms with Gasteiger partial charge in [0.2, 0.25) is 0 Å². The summed E-state index contributed by atoms with van der Waals surface area (Å²) in [5, 5.41) is 3.35. The van der Waals surface area contributed by atoms with Crippen LogP contribution in [0.1, 0.15) is 32.9 Å². The third-order valence-electron chi connectivity index (χ3n) is 3.57. The zero-order valence-electron chi connectivity index (χ0n) is 12.2. The average Bonchev–Trinajstić information content (AvgIpc) is 2.34. The van der Waals surface area contributed by atoms with Crippen LogP contribution in [-0.4, -0.2) is 37.0 Å². The highest BCUT2D eigenvalue weighted by Crippen LogP contribution is 2.22. The minimum Gasteiger partial charge on any atom is -0.312 e. The van der Waals surface area contributed by atoms with Crippen LogP contribution in [0.2, 0.25) is 0 Å². The molecular weight excluding hydrogens is 260 g/mol. The maximum absolute atomic E-state index is 12.0. The zero-order valence-corrected chi connectivity index (χ0v) is 13.0. The molecule has 1 atom stereocenters. The second-order valence-corrected chi connectivity index (χ2v) is 8.00. The molecule has 0 saturated heterocycles. The van der Waals surface area contributed by atoms with Gasteiger partial charge < -0.3 is 5.32 Å². The summed E-state index contributed by atoms with van der Waals surface area (Å²) in [4.78, 5) is 4.29. The standard InChI is InChI=1S/C14H24N2O2S/c1-5-9-16-13(14(2,3)19(4,17)18)11-12-8-6-7-10-15-12/h6-8,10,13,16H,5,9,11H2,1-4H3. The monoisotopic (exact) mass is 284 g/mol. The van der Waals surface area contributed by atoms with E-state index in [1.54, 1.807) is 20.0 Å². The van der Waals surface area contributed by atoms with Gasteiger partial charge in [0.05, 0.1) is 4.75 Å². The molecule has 1 aromatic rings. The van der Waals surface area contributed by atoms with Gasteiger partial charge in [-0.3, -0.25) is 4.98 Å². The number of nitrogens with one attached hydrogen (secondary N) is 1. The quantitative estimate of drug-likeness (QED) is 0.829. The third kappa shape index (κ3) is 4.28. The van der Waals surface area contributed by atoms with Gasteiger partial charge in [0, 0.05) is 30.6 Å². The Balaban J connectivity index is 2.95. The van der Waals surface area contributed by atoms with E-state index in [0.717, 1.165) is 18.7 Å². The summed E-state index contributed by atoms with van der Waals surface area (Å²) >= 11 is 0. The summed E-state index contributed by atoms with van der Waals surface area (Å²) in [6, 6.07) is 5.57. The van der Waals surface area contributed by atoms with E-state index in [-0.39, 0.29) is 6.04 Å². The van der Waals surface area contributed by atoms with Gasteiger partial charge in [-0.1, -0.05) is 13.0 Å². The van der Waals surface area contributed by atoms with E-state index in [1.165, 1.54) is 6.26 Å². The van der Waals surface area contributed by atoms with Crippen molar-refractivity contribution < 1.29 is 8.42 Å². The van der Waals surface area contributed by atoms with E-state index in [1.807, 2.05) is 18.2 Å². The smallest absolute Gasteiger partial charge is 0.154 e. The molecule has 0 amide bonds. The maximum atomic E-state index is 12.0. The SMILES string of the molecule is CCCNC(Cc1ccccn1)C(C)(C)S(C)(=O)=O. The van der Waals surface area contributed by atoms with Gasteiger partial charge in [0.15, 0.2) is 9.84 Å². The van der Waals surface area contributed by atoms with Crippen LogP contribution < -0.4 is 5.32 Å². The Morgan fingerprint density at radius 2 is 2.05 bits per heavy atom. The topological polar surface area (TPSA) is 59.1 Å². The van der Waals surface area contributed by atoms with Crippen molar-refractivity contribution in [3.05, 3.63) is 30.1 Å². The van der Waals surface area contributed by atoms with Crippen molar-refractivity contribution in [2.45, 2.75) is 44.4 Å². The Kier molecular flexibility index (Phi) is 5.50. The molecule has 4 nitrogen and oxygen atoms in total. The van der Waals surface area contributed by atoms with E-state index in [4.69, 9.17) is 0 Å².